The smallest absolute Gasteiger partial charge is 0.246 e. The van der Waals surface area contributed by atoms with Crippen LogP contribution in [0.2, 0.25) is 0 Å². The molecular weight excluding hydrogens is 435 g/mol. The topological polar surface area (TPSA) is 70.7 Å². The molecule has 0 bridgehead atoms. The van der Waals surface area contributed by atoms with Crippen LogP contribution in [0.25, 0.3) is 0 Å². The van der Waals surface area contributed by atoms with Gasteiger partial charge in [-0.05, 0) is 31.0 Å². The minimum Gasteiger partial charge on any atom is -0.370 e. The molecule has 0 heterocycles. The molecule has 2 rings (SSSR count). The molecular formula is C13H18BrIN4O. The molecule has 0 unspecified atom stereocenters. The van der Waals surface area contributed by atoms with Gasteiger partial charge < -0.3 is 16.0 Å². The largest absolute Gasteiger partial charge is 0.370 e. The van der Waals surface area contributed by atoms with Gasteiger partial charge in [0.05, 0.1) is 0 Å². The van der Waals surface area contributed by atoms with Crippen LogP contribution >= 0.6 is 39.9 Å². The lowest BCUT2D eigenvalue weighted by molar-refractivity contribution is -0.114. The van der Waals surface area contributed by atoms with Crippen LogP contribution in [0.1, 0.15) is 12.8 Å². The second-order valence-corrected chi connectivity index (χ2v) is 5.49. The molecule has 0 spiro atoms. The first kappa shape index (κ1) is 17.2. The summed E-state index contributed by atoms with van der Waals surface area (Å²) in [5.41, 5.74) is 6.55. The Morgan fingerprint density at radius 1 is 1.55 bits per heavy atom. The third kappa shape index (κ3) is 5.28. The van der Waals surface area contributed by atoms with E-state index in [1.165, 1.54) is 0 Å². The molecule has 0 atom stereocenters. The molecule has 1 aromatic carbocycles. The molecule has 0 saturated heterocycles. The Bertz CT molecular complexity index is 505. The van der Waals surface area contributed by atoms with Crippen LogP contribution in [0.4, 0.5) is 5.69 Å². The molecule has 7 heteroatoms. The first-order chi connectivity index (χ1) is 9.06. The highest BCUT2D eigenvalue weighted by molar-refractivity contribution is 14.0. The molecule has 1 amide bonds. The van der Waals surface area contributed by atoms with Crippen molar-refractivity contribution in [1.29, 1.82) is 0 Å². The third-order valence-corrected chi connectivity index (χ3v) is 3.44. The number of hydrogen-bond donors (Lipinski definition) is 2. The maximum atomic E-state index is 11.7. The fourth-order valence-electron chi connectivity index (χ4n) is 1.68. The van der Waals surface area contributed by atoms with Gasteiger partial charge in [0.15, 0.2) is 5.96 Å². The molecule has 0 aromatic heterocycles. The summed E-state index contributed by atoms with van der Waals surface area (Å²) in [6.45, 7) is 0.0371. The van der Waals surface area contributed by atoms with Gasteiger partial charge in [0.1, 0.15) is 6.54 Å². The van der Waals surface area contributed by atoms with Gasteiger partial charge >= 0.3 is 0 Å². The highest BCUT2D eigenvalue weighted by Gasteiger charge is 2.27. The Balaban J connectivity index is 0.00000200. The van der Waals surface area contributed by atoms with Crippen molar-refractivity contribution in [2.24, 2.45) is 10.7 Å². The number of anilines is 1. The number of halogens is 2. The minimum absolute atomic E-state index is 0. The van der Waals surface area contributed by atoms with Crippen molar-refractivity contribution >= 4 is 57.5 Å². The van der Waals surface area contributed by atoms with E-state index in [-0.39, 0.29) is 36.4 Å². The maximum absolute atomic E-state index is 11.7. The van der Waals surface area contributed by atoms with Gasteiger partial charge in [-0.15, -0.1) is 24.0 Å². The van der Waals surface area contributed by atoms with Gasteiger partial charge in [-0.2, -0.15) is 0 Å². The Morgan fingerprint density at radius 3 is 2.85 bits per heavy atom. The predicted molar refractivity (Wildman–Crippen MR) is 95.5 cm³/mol. The van der Waals surface area contributed by atoms with E-state index in [4.69, 9.17) is 5.73 Å². The van der Waals surface area contributed by atoms with Crippen molar-refractivity contribution in [2.45, 2.75) is 18.9 Å². The van der Waals surface area contributed by atoms with Gasteiger partial charge in [0, 0.05) is 23.2 Å². The zero-order valence-electron chi connectivity index (χ0n) is 11.2. The Hall–Kier alpha value is -0.830. The number of carbonyl (C=O) groups excluding carboxylic acids is 1. The number of amides is 1. The van der Waals surface area contributed by atoms with Crippen molar-refractivity contribution < 1.29 is 4.79 Å². The van der Waals surface area contributed by atoms with Gasteiger partial charge in [-0.3, -0.25) is 4.79 Å². The highest BCUT2D eigenvalue weighted by Crippen LogP contribution is 2.24. The molecule has 3 N–H and O–H groups in total. The average Bonchev–Trinajstić information content (AvgIpc) is 3.19. The molecule has 1 saturated carbocycles. The van der Waals surface area contributed by atoms with Crippen molar-refractivity contribution in [3.05, 3.63) is 28.7 Å². The molecule has 20 heavy (non-hydrogen) atoms. The van der Waals surface area contributed by atoms with E-state index in [1.54, 1.807) is 0 Å². The Kier molecular flexibility index (Phi) is 6.74. The molecule has 0 radical (unpaired) electrons. The SMILES string of the molecule is CN(C(N)=NCC(=O)Nc1cccc(Br)c1)C1CC1.I. The number of nitrogens with one attached hydrogen (secondary N) is 1. The lowest BCUT2D eigenvalue weighted by Gasteiger charge is -2.16. The molecule has 0 aliphatic heterocycles. The summed E-state index contributed by atoms with van der Waals surface area (Å²) in [7, 11) is 1.91. The van der Waals surface area contributed by atoms with Crippen LogP contribution in [0.15, 0.2) is 33.7 Å². The summed E-state index contributed by atoms with van der Waals surface area (Å²) in [5, 5.41) is 2.77. The summed E-state index contributed by atoms with van der Waals surface area (Å²) >= 11 is 3.35. The minimum atomic E-state index is -0.176. The second kappa shape index (κ2) is 7.82. The number of aliphatic imine (C=N–C) groups is 1. The fraction of sp³-hybridized carbons (Fsp3) is 0.385. The summed E-state index contributed by atoms with van der Waals surface area (Å²) in [4.78, 5) is 17.8. The number of nitrogens with two attached hydrogens (primary N) is 1. The lowest BCUT2D eigenvalue weighted by Crippen LogP contribution is -2.36. The number of carbonyl (C=O) groups is 1. The first-order valence-corrected chi connectivity index (χ1v) is 6.94. The van der Waals surface area contributed by atoms with Gasteiger partial charge in [-0.25, -0.2) is 4.99 Å². The number of guanidine groups is 1. The van der Waals surface area contributed by atoms with Crippen molar-refractivity contribution in [2.75, 3.05) is 18.9 Å². The molecule has 1 fully saturated rings. The van der Waals surface area contributed by atoms with Crippen LogP contribution in [-0.4, -0.2) is 36.4 Å². The number of hydrogen-bond acceptors (Lipinski definition) is 2. The van der Waals surface area contributed by atoms with Crippen LogP contribution in [0.5, 0.6) is 0 Å². The van der Waals surface area contributed by atoms with E-state index in [2.05, 4.69) is 26.2 Å². The molecule has 1 aromatic rings. The molecule has 1 aliphatic rings. The Labute approximate surface area is 144 Å². The number of rotatable bonds is 4. The predicted octanol–water partition coefficient (Wildman–Crippen LogP) is 2.41. The van der Waals surface area contributed by atoms with E-state index in [0.29, 0.717) is 12.0 Å². The molecule has 110 valence electrons. The average molecular weight is 453 g/mol. The fourth-order valence-corrected chi connectivity index (χ4v) is 2.08. The normalized spacial score (nSPS) is 14.4. The van der Waals surface area contributed by atoms with Crippen LogP contribution in [0.3, 0.4) is 0 Å². The van der Waals surface area contributed by atoms with Crippen LogP contribution in [-0.2, 0) is 4.79 Å². The van der Waals surface area contributed by atoms with E-state index in [9.17, 15) is 4.79 Å². The molecule has 1 aliphatic carbocycles. The standard InChI is InChI=1S/C13H17BrN4O.HI/c1-18(11-5-6-11)13(15)16-8-12(19)17-10-4-2-3-9(14)7-10;/h2-4,7,11H,5-6,8H2,1H3,(H2,15,16)(H,17,19);1H. The van der Waals surface area contributed by atoms with Gasteiger partial charge in [-0.1, -0.05) is 22.0 Å². The zero-order chi connectivity index (χ0) is 13.8. The van der Waals surface area contributed by atoms with Crippen LogP contribution < -0.4 is 11.1 Å². The quantitative estimate of drug-likeness (QED) is 0.418. The summed E-state index contributed by atoms with van der Waals surface area (Å²) < 4.78 is 0.918. The van der Waals surface area contributed by atoms with E-state index < -0.39 is 0 Å². The van der Waals surface area contributed by atoms with Crippen LogP contribution in [0, 0.1) is 0 Å². The Morgan fingerprint density at radius 2 is 2.25 bits per heavy atom. The number of nitrogens with zero attached hydrogens (tertiary/aromatic N) is 2. The number of benzene rings is 1. The summed E-state index contributed by atoms with van der Waals surface area (Å²) in [5.74, 6) is 0.247. The van der Waals surface area contributed by atoms with E-state index >= 15 is 0 Å². The van der Waals surface area contributed by atoms with Crippen molar-refractivity contribution in [1.82, 2.24) is 4.90 Å². The van der Waals surface area contributed by atoms with E-state index in [1.807, 2.05) is 36.2 Å². The monoisotopic (exact) mass is 452 g/mol. The van der Waals surface area contributed by atoms with Gasteiger partial charge in [0.2, 0.25) is 5.91 Å². The zero-order valence-corrected chi connectivity index (χ0v) is 15.1. The van der Waals surface area contributed by atoms with Crippen molar-refractivity contribution in [3.63, 3.8) is 0 Å². The summed E-state index contributed by atoms with van der Waals surface area (Å²) in [6, 6.07) is 7.92. The lowest BCUT2D eigenvalue weighted by atomic mass is 10.3. The third-order valence-electron chi connectivity index (χ3n) is 2.95. The van der Waals surface area contributed by atoms with Gasteiger partial charge in [0.25, 0.3) is 0 Å². The summed E-state index contributed by atoms with van der Waals surface area (Å²) in [6.07, 6.45) is 2.30. The van der Waals surface area contributed by atoms with E-state index in [0.717, 1.165) is 23.0 Å². The van der Waals surface area contributed by atoms with Crippen molar-refractivity contribution in [3.8, 4) is 0 Å². The second-order valence-electron chi connectivity index (χ2n) is 4.58. The highest BCUT2D eigenvalue weighted by atomic mass is 127. The molecule has 5 nitrogen and oxygen atoms in total. The maximum Gasteiger partial charge on any atom is 0.246 e. The first-order valence-electron chi connectivity index (χ1n) is 6.14.